The van der Waals surface area contributed by atoms with E-state index in [1.165, 1.54) is 18.4 Å². The Kier molecular flexibility index (Phi) is 8.23. The molecule has 10 heteroatoms. The van der Waals surface area contributed by atoms with Gasteiger partial charge in [0.05, 0.1) is 48.2 Å². The van der Waals surface area contributed by atoms with E-state index in [4.69, 9.17) is 14.2 Å². The summed E-state index contributed by atoms with van der Waals surface area (Å²) >= 11 is 1.27. The third-order valence-electron chi connectivity index (χ3n) is 7.66. The summed E-state index contributed by atoms with van der Waals surface area (Å²) in [4.78, 5) is 44.7. The number of fused-ring (bicyclic) bond motifs is 1. The lowest BCUT2D eigenvalue weighted by Gasteiger charge is -2.24. The highest BCUT2D eigenvalue weighted by Crippen LogP contribution is 2.32. The summed E-state index contributed by atoms with van der Waals surface area (Å²) in [5, 5.41) is 0. The van der Waals surface area contributed by atoms with E-state index in [0.717, 1.165) is 33.8 Å². The minimum Gasteiger partial charge on any atom is -0.497 e. The van der Waals surface area contributed by atoms with Gasteiger partial charge < -0.3 is 18.8 Å². The molecule has 0 amide bonds. The van der Waals surface area contributed by atoms with Crippen molar-refractivity contribution in [2.75, 3.05) is 20.8 Å². The molecule has 1 aliphatic heterocycles. The largest absolute Gasteiger partial charge is 0.497 e. The average Bonchev–Trinajstić information content (AvgIpc) is 3.45. The van der Waals surface area contributed by atoms with Crippen LogP contribution in [0.5, 0.6) is 5.75 Å². The van der Waals surface area contributed by atoms with Crippen molar-refractivity contribution in [3.63, 3.8) is 0 Å². The summed E-state index contributed by atoms with van der Waals surface area (Å²) in [5.74, 6) is -0.240. The van der Waals surface area contributed by atoms with E-state index in [9.17, 15) is 14.4 Å². The first kappa shape index (κ1) is 29.8. The standard InChI is InChI=1S/C33H33N3O6S/c1-8-42-32(39)28-20(4)34-33-36(29(28)22-12-14-24(40-6)15-13-22)30(37)27(43-33)17-23-16-18(2)35(21(23)5)26-11-9-10-25(19(26)3)31(38)41-7/h9-17,29H,8H2,1-7H3/b27-17+/t29-/m0/s1. The van der Waals surface area contributed by atoms with Gasteiger partial charge in [-0.2, -0.15) is 0 Å². The summed E-state index contributed by atoms with van der Waals surface area (Å²) in [7, 11) is 2.95. The highest BCUT2D eigenvalue weighted by atomic mass is 32.1. The molecule has 2 aromatic carbocycles. The topological polar surface area (TPSA) is 101 Å². The fourth-order valence-electron chi connectivity index (χ4n) is 5.54. The first-order valence-corrected chi connectivity index (χ1v) is 14.6. The normalized spacial score (nSPS) is 14.8. The lowest BCUT2D eigenvalue weighted by atomic mass is 9.96. The minimum atomic E-state index is -0.709. The molecule has 0 fully saturated rings. The average molecular weight is 600 g/mol. The molecule has 9 nitrogen and oxygen atoms in total. The van der Waals surface area contributed by atoms with E-state index in [2.05, 4.69) is 9.56 Å². The number of benzene rings is 2. The number of hydrogen-bond donors (Lipinski definition) is 0. The van der Waals surface area contributed by atoms with E-state index in [1.807, 2.05) is 57.2 Å². The number of hydrogen-bond acceptors (Lipinski definition) is 8. The number of aryl methyl sites for hydroxylation is 1. The molecular formula is C33H33N3O6S. The van der Waals surface area contributed by atoms with Crippen molar-refractivity contribution in [3.8, 4) is 11.4 Å². The highest BCUT2D eigenvalue weighted by molar-refractivity contribution is 7.07. The molecule has 2 aromatic heterocycles. The number of methoxy groups -OCH3 is 2. The fourth-order valence-corrected chi connectivity index (χ4v) is 6.57. The minimum absolute atomic E-state index is 0.201. The molecule has 4 aromatic rings. The number of rotatable bonds is 7. The van der Waals surface area contributed by atoms with Crippen LogP contribution in [-0.2, 0) is 14.3 Å². The number of thiazole rings is 1. The van der Waals surface area contributed by atoms with E-state index in [0.29, 0.717) is 31.9 Å². The molecule has 0 bridgehead atoms. The van der Waals surface area contributed by atoms with E-state index < -0.39 is 18.0 Å². The van der Waals surface area contributed by atoms with Crippen LogP contribution in [-0.4, -0.2) is 41.9 Å². The Labute approximate surface area is 253 Å². The molecule has 3 heterocycles. The molecule has 0 saturated heterocycles. The number of allylic oxidation sites excluding steroid dienone is 1. The fraction of sp³-hybridized carbons (Fsp3) is 0.273. The number of ether oxygens (including phenoxy) is 3. The lowest BCUT2D eigenvalue weighted by molar-refractivity contribution is -0.139. The van der Waals surface area contributed by atoms with Crippen LogP contribution < -0.4 is 19.6 Å². The van der Waals surface area contributed by atoms with Gasteiger partial charge in [-0.25, -0.2) is 14.6 Å². The Hall–Kier alpha value is -4.70. The predicted molar refractivity (Wildman–Crippen MR) is 165 cm³/mol. The summed E-state index contributed by atoms with van der Waals surface area (Å²) < 4.78 is 19.8. The summed E-state index contributed by atoms with van der Waals surface area (Å²) in [5.41, 5.74) is 6.16. The van der Waals surface area contributed by atoms with Crippen molar-refractivity contribution in [3.05, 3.63) is 113 Å². The summed E-state index contributed by atoms with van der Waals surface area (Å²) in [6.07, 6.45) is 1.86. The molecule has 0 saturated carbocycles. The Morgan fingerprint density at radius 1 is 1.02 bits per heavy atom. The first-order valence-electron chi connectivity index (χ1n) is 13.8. The second-order valence-electron chi connectivity index (χ2n) is 10.2. The maximum Gasteiger partial charge on any atom is 0.338 e. The molecule has 0 unspecified atom stereocenters. The van der Waals surface area contributed by atoms with Crippen LogP contribution in [0, 0.1) is 20.8 Å². The van der Waals surface area contributed by atoms with Gasteiger partial charge in [0, 0.05) is 17.1 Å². The zero-order chi connectivity index (χ0) is 31.0. The summed E-state index contributed by atoms with van der Waals surface area (Å²) in [6, 6.07) is 14.1. The van der Waals surface area contributed by atoms with Crippen LogP contribution in [0.3, 0.4) is 0 Å². The highest BCUT2D eigenvalue weighted by Gasteiger charge is 2.33. The monoisotopic (exact) mass is 599 g/mol. The lowest BCUT2D eigenvalue weighted by Crippen LogP contribution is -2.39. The molecule has 0 N–H and O–H groups in total. The molecule has 0 aliphatic carbocycles. The number of carbonyl (C=O) groups excluding carboxylic acids is 2. The Bertz CT molecular complexity index is 1960. The predicted octanol–water partition coefficient (Wildman–Crippen LogP) is 4.31. The van der Waals surface area contributed by atoms with Gasteiger partial charge >= 0.3 is 11.9 Å². The summed E-state index contributed by atoms with van der Waals surface area (Å²) in [6.45, 7) is 9.55. The second-order valence-corrected chi connectivity index (χ2v) is 11.2. The van der Waals surface area contributed by atoms with Crippen molar-refractivity contribution in [1.29, 1.82) is 0 Å². The van der Waals surface area contributed by atoms with Gasteiger partial charge in [-0.05, 0) is 87.7 Å². The van der Waals surface area contributed by atoms with Crippen LogP contribution >= 0.6 is 11.3 Å². The molecule has 43 heavy (non-hydrogen) atoms. The van der Waals surface area contributed by atoms with Crippen molar-refractivity contribution in [1.82, 2.24) is 9.13 Å². The van der Waals surface area contributed by atoms with Crippen LogP contribution in [0.15, 0.2) is 69.6 Å². The molecule has 1 atom stereocenters. The van der Waals surface area contributed by atoms with Crippen LogP contribution in [0.25, 0.3) is 11.8 Å². The maximum absolute atomic E-state index is 14.1. The van der Waals surface area contributed by atoms with Gasteiger partial charge in [0.2, 0.25) is 0 Å². The zero-order valence-electron chi connectivity index (χ0n) is 25.2. The van der Waals surface area contributed by atoms with Crippen molar-refractivity contribution in [2.24, 2.45) is 4.99 Å². The molecule has 0 spiro atoms. The molecule has 1 aliphatic rings. The smallest absolute Gasteiger partial charge is 0.338 e. The Balaban J connectivity index is 1.67. The van der Waals surface area contributed by atoms with Gasteiger partial charge in [-0.15, -0.1) is 0 Å². The maximum atomic E-state index is 14.1. The van der Waals surface area contributed by atoms with Crippen molar-refractivity contribution >= 4 is 29.4 Å². The molecular weight excluding hydrogens is 566 g/mol. The van der Waals surface area contributed by atoms with Crippen LogP contribution in [0.1, 0.15) is 58.3 Å². The number of aromatic nitrogens is 2. The third-order valence-corrected chi connectivity index (χ3v) is 8.64. The second kappa shape index (κ2) is 11.9. The number of esters is 2. The zero-order valence-corrected chi connectivity index (χ0v) is 26.0. The number of carbonyl (C=O) groups is 2. The molecule has 222 valence electrons. The quantitative estimate of drug-likeness (QED) is 0.294. The van der Waals surface area contributed by atoms with Crippen LogP contribution in [0.2, 0.25) is 0 Å². The SMILES string of the molecule is CCOC(=O)C1=C(C)N=c2s/c(=C/c3cc(C)n(-c4cccc(C(=O)OC)c4C)c3C)c(=O)n2[C@H]1c1ccc(OC)cc1. The van der Waals surface area contributed by atoms with Crippen molar-refractivity contribution in [2.45, 2.75) is 40.7 Å². The van der Waals surface area contributed by atoms with E-state index in [-0.39, 0.29) is 12.2 Å². The Morgan fingerprint density at radius 3 is 2.40 bits per heavy atom. The number of nitrogens with zero attached hydrogens (tertiary/aromatic N) is 3. The molecule has 5 rings (SSSR count). The van der Waals surface area contributed by atoms with Gasteiger partial charge in [0.25, 0.3) is 5.56 Å². The van der Waals surface area contributed by atoms with Gasteiger partial charge in [-0.1, -0.05) is 29.5 Å². The van der Waals surface area contributed by atoms with Gasteiger partial charge in [0.1, 0.15) is 5.75 Å². The first-order chi connectivity index (χ1) is 20.6. The van der Waals surface area contributed by atoms with E-state index >= 15 is 0 Å². The van der Waals surface area contributed by atoms with Crippen LogP contribution in [0.4, 0.5) is 0 Å². The third kappa shape index (κ3) is 5.23. The van der Waals surface area contributed by atoms with E-state index in [1.54, 1.807) is 43.7 Å². The van der Waals surface area contributed by atoms with Gasteiger partial charge in [-0.3, -0.25) is 9.36 Å². The Morgan fingerprint density at radius 2 is 1.74 bits per heavy atom. The molecule has 0 radical (unpaired) electrons. The van der Waals surface area contributed by atoms with Gasteiger partial charge in [0.15, 0.2) is 4.80 Å². The van der Waals surface area contributed by atoms with Crippen molar-refractivity contribution < 1.29 is 23.8 Å².